The molecule has 9 nitrogen and oxygen atoms in total. The Balaban J connectivity index is 2.08. The number of aromatic amines is 1. The lowest BCUT2D eigenvalue weighted by atomic mass is 10.1. The Hall–Kier alpha value is -3.54. The molecule has 2 rings (SSSR count). The Kier molecular flexibility index (Phi) is 5.95. The topological polar surface area (TPSA) is 125 Å². The average Bonchev–Trinajstić information content (AvgIpc) is 3.15. The predicted molar refractivity (Wildman–Crippen MR) is 89.8 cm³/mol. The summed E-state index contributed by atoms with van der Waals surface area (Å²) in [6.07, 6.45) is 2.57. The van der Waals surface area contributed by atoms with E-state index in [1.807, 2.05) is 12.1 Å². The lowest BCUT2D eigenvalue weighted by Crippen LogP contribution is -2.28. The van der Waals surface area contributed by atoms with Crippen molar-refractivity contribution in [2.45, 2.75) is 13.0 Å². The van der Waals surface area contributed by atoms with Gasteiger partial charge in [0.25, 0.3) is 5.91 Å². The van der Waals surface area contributed by atoms with Crippen LogP contribution in [0.3, 0.4) is 0 Å². The van der Waals surface area contributed by atoms with Crippen molar-refractivity contribution < 1.29 is 14.3 Å². The first-order valence-electron chi connectivity index (χ1n) is 7.34. The van der Waals surface area contributed by atoms with Crippen molar-refractivity contribution in [3.63, 3.8) is 0 Å². The van der Waals surface area contributed by atoms with Crippen molar-refractivity contribution in [3.8, 4) is 17.6 Å². The number of H-pyrrole nitrogens is 1. The van der Waals surface area contributed by atoms with Crippen molar-refractivity contribution in [3.05, 3.63) is 41.9 Å². The van der Waals surface area contributed by atoms with Crippen LogP contribution < -0.4 is 20.1 Å². The van der Waals surface area contributed by atoms with E-state index in [0.29, 0.717) is 17.4 Å². The third-order valence-corrected chi connectivity index (χ3v) is 3.39. The lowest BCUT2D eigenvalue weighted by molar-refractivity contribution is -0.117. The van der Waals surface area contributed by atoms with Crippen LogP contribution in [0.2, 0.25) is 0 Å². The fourth-order valence-corrected chi connectivity index (χ4v) is 2.04. The van der Waals surface area contributed by atoms with Gasteiger partial charge in [-0.05, 0) is 24.6 Å². The minimum Gasteiger partial charge on any atom is -0.493 e. The monoisotopic (exact) mass is 342 g/mol. The number of rotatable bonds is 7. The second-order valence-electron chi connectivity index (χ2n) is 4.96. The van der Waals surface area contributed by atoms with Gasteiger partial charge in [0.1, 0.15) is 18.0 Å². The molecule has 0 radical (unpaired) electrons. The number of amides is 1. The summed E-state index contributed by atoms with van der Waals surface area (Å²) < 4.78 is 10.4. The van der Waals surface area contributed by atoms with E-state index in [-0.39, 0.29) is 11.6 Å². The van der Waals surface area contributed by atoms with Crippen LogP contribution in [-0.2, 0) is 4.79 Å². The number of aromatic nitrogens is 3. The molecule has 0 bridgehead atoms. The third-order valence-electron chi connectivity index (χ3n) is 3.39. The first kappa shape index (κ1) is 17.8. The number of benzene rings is 1. The summed E-state index contributed by atoms with van der Waals surface area (Å²) in [6, 6.07) is 6.84. The first-order chi connectivity index (χ1) is 12.1. The number of carbonyl (C=O) groups is 1. The van der Waals surface area contributed by atoms with Crippen LogP contribution >= 0.6 is 0 Å². The van der Waals surface area contributed by atoms with E-state index in [1.54, 1.807) is 26.2 Å². The van der Waals surface area contributed by atoms with Gasteiger partial charge in [0.2, 0.25) is 5.95 Å². The number of carbonyl (C=O) groups excluding carboxylic acids is 1. The van der Waals surface area contributed by atoms with Crippen molar-refractivity contribution in [2.24, 2.45) is 0 Å². The summed E-state index contributed by atoms with van der Waals surface area (Å²) >= 11 is 0. The van der Waals surface area contributed by atoms with E-state index < -0.39 is 5.91 Å². The van der Waals surface area contributed by atoms with Crippen molar-refractivity contribution in [1.82, 2.24) is 20.5 Å². The molecule has 1 aromatic carbocycles. The van der Waals surface area contributed by atoms with Gasteiger partial charge in [0.15, 0.2) is 11.5 Å². The van der Waals surface area contributed by atoms with Crippen LogP contribution in [0.4, 0.5) is 5.95 Å². The minimum absolute atomic E-state index is 0.0938. The van der Waals surface area contributed by atoms with Gasteiger partial charge in [0, 0.05) is 6.20 Å². The van der Waals surface area contributed by atoms with Crippen LogP contribution in [0.15, 0.2) is 36.3 Å². The highest BCUT2D eigenvalue weighted by Crippen LogP contribution is 2.29. The number of hydrogen-bond acceptors (Lipinski definition) is 7. The van der Waals surface area contributed by atoms with Crippen LogP contribution in [0.5, 0.6) is 11.5 Å². The Bertz CT molecular complexity index is 795. The molecule has 0 fully saturated rings. The number of ether oxygens (including phenoxy) is 2. The van der Waals surface area contributed by atoms with Gasteiger partial charge in [0.05, 0.1) is 20.3 Å². The SMILES string of the molecule is COc1ccc(C(C)NC(=O)/C(C#N)=C\Nc2ncn[nH]2)cc1OC. The largest absolute Gasteiger partial charge is 0.493 e. The molecule has 3 N–H and O–H groups in total. The van der Waals surface area contributed by atoms with Gasteiger partial charge in [-0.1, -0.05) is 6.07 Å². The molecule has 0 aliphatic heterocycles. The number of methoxy groups -OCH3 is 2. The maximum absolute atomic E-state index is 12.3. The minimum atomic E-state index is -0.517. The molecule has 1 heterocycles. The van der Waals surface area contributed by atoms with E-state index in [2.05, 4.69) is 25.8 Å². The van der Waals surface area contributed by atoms with Gasteiger partial charge >= 0.3 is 0 Å². The summed E-state index contributed by atoms with van der Waals surface area (Å²) in [6.45, 7) is 1.80. The van der Waals surface area contributed by atoms with Crippen LogP contribution in [0.25, 0.3) is 0 Å². The second kappa shape index (κ2) is 8.35. The van der Waals surface area contributed by atoms with Crippen LogP contribution in [0, 0.1) is 11.3 Å². The molecule has 0 aliphatic carbocycles. The number of hydrogen-bond donors (Lipinski definition) is 3. The standard InChI is InChI=1S/C16H18N6O3/c1-10(11-4-5-13(24-2)14(6-11)25-3)21-15(23)12(7-17)8-18-16-19-9-20-22-16/h4-6,8-10H,1-3H3,(H,21,23)(H2,18,19,20,22)/b12-8-. The van der Waals surface area contributed by atoms with Gasteiger partial charge in [-0.3, -0.25) is 4.79 Å². The smallest absolute Gasteiger partial charge is 0.263 e. The number of nitrogens with one attached hydrogen (secondary N) is 3. The molecular formula is C16H18N6O3. The highest BCUT2D eigenvalue weighted by Gasteiger charge is 2.15. The Morgan fingerprint density at radius 2 is 2.12 bits per heavy atom. The average molecular weight is 342 g/mol. The number of nitrogens with zero attached hydrogens (tertiary/aromatic N) is 3. The summed E-state index contributed by atoms with van der Waals surface area (Å²) in [5.41, 5.74) is 0.718. The third kappa shape index (κ3) is 4.48. The molecule has 2 aromatic rings. The molecule has 0 spiro atoms. The molecule has 0 saturated heterocycles. The van der Waals surface area contributed by atoms with Crippen molar-refractivity contribution in [1.29, 1.82) is 5.26 Å². The zero-order valence-electron chi connectivity index (χ0n) is 14.0. The van der Waals surface area contributed by atoms with E-state index >= 15 is 0 Å². The van der Waals surface area contributed by atoms with Gasteiger partial charge in [-0.25, -0.2) is 5.10 Å². The number of nitriles is 1. The zero-order chi connectivity index (χ0) is 18.2. The zero-order valence-corrected chi connectivity index (χ0v) is 14.0. The van der Waals surface area contributed by atoms with Gasteiger partial charge < -0.3 is 20.1 Å². The molecule has 25 heavy (non-hydrogen) atoms. The molecule has 0 saturated carbocycles. The second-order valence-corrected chi connectivity index (χ2v) is 4.96. The molecule has 1 aromatic heterocycles. The first-order valence-corrected chi connectivity index (χ1v) is 7.34. The van der Waals surface area contributed by atoms with Crippen molar-refractivity contribution in [2.75, 3.05) is 19.5 Å². The van der Waals surface area contributed by atoms with Gasteiger partial charge in [-0.15, -0.1) is 0 Å². The molecule has 0 aliphatic rings. The van der Waals surface area contributed by atoms with E-state index in [4.69, 9.17) is 14.7 Å². The number of anilines is 1. The van der Waals surface area contributed by atoms with E-state index in [1.165, 1.54) is 19.6 Å². The fourth-order valence-electron chi connectivity index (χ4n) is 2.04. The van der Waals surface area contributed by atoms with Crippen LogP contribution in [0.1, 0.15) is 18.5 Å². The molecule has 1 unspecified atom stereocenters. The Labute approximate surface area is 144 Å². The Morgan fingerprint density at radius 1 is 1.36 bits per heavy atom. The molecule has 1 atom stereocenters. The predicted octanol–water partition coefficient (Wildman–Crippen LogP) is 1.52. The Morgan fingerprint density at radius 3 is 2.72 bits per heavy atom. The van der Waals surface area contributed by atoms with Gasteiger partial charge in [-0.2, -0.15) is 15.3 Å². The van der Waals surface area contributed by atoms with Crippen molar-refractivity contribution >= 4 is 11.9 Å². The van der Waals surface area contributed by atoms with Crippen LogP contribution in [-0.4, -0.2) is 35.3 Å². The normalized spacial score (nSPS) is 12.0. The summed E-state index contributed by atoms with van der Waals surface area (Å²) in [5.74, 6) is 0.966. The highest BCUT2D eigenvalue weighted by atomic mass is 16.5. The van der Waals surface area contributed by atoms with E-state index in [0.717, 1.165) is 5.56 Å². The summed E-state index contributed by atoms with van der Waals surface area (Å²) in [4.78, 5) is 16.1. The molecule has 130 valence electrons. The molecular weight excluding hydrogens is 324 g/mol. The fraction of sp³-hybridized carbons (Fsp3) is 0.250. The summed E-state index contributed by atoms with van der Waals surface area (Å²) in [5, 5.41) is 20.8. The molecule has 1 amide bonds. The summed E-state index contributed by atoms with van der Waals surface area (Å²) in [7, 11) is 3.09. The quantitative estimate of drug-likeness (QED) is 0.514. The maximum Gasteiger partial charge on any atom is 0.263 e. The maximum atomic E-state index is 12.3. The highest BCUT2D eigenvalue weighted by molar-refractivity contribution is 5.97. The lowest BCUT2D eigenvalue weighted by Gasteiger charge is -2.16. The molecule has 9 heteroatoms. The van der Waals surface area contributed by atoms with E-state index in [9.17, 15) is 4.79 Å².